The van der Waals surface area contributed by atoms with Crippen LogP contribution in [0.5, 0.6) is 0 Å². The molecule has 7 nitrogen and oxygen atoms in total. The summed E-state index contributed by atoms with van der Waals surface area (Å²) in [6.07, 6.45) is 3.82. The molecule has 0 radical (unpaired) electrons. The smallest absolute Gasteiger partial charge is 0.261 e. The normalized spacial score (nSPS) is 17.7. The third kappa shape index (κ3) is 6.03. The summed E-state index contributed by atoms with van der Waals surface area (Å²) in [7, 11) is 1.69. The summed E-state index contributed by atoms with van der Waals surface area (Å²) in [5, 5.41) is 0.656. The summed E-state index contributed by atoms with van der Waals surface area (Å²) >= 11 is 0. The number of aryl methyl sites for hydroxylation is 4. The van der Waals surface area contributed by atoms with Crippen molar-refractivity contribution in [2.45, 2.75) is 39.3 Å². The maximum absolute atomic E-state index is 13.0. The van der Waals surface area contributed by atoms with Crippen LogP contribution < -0.4 is 10.5 Å². The summed E-state index contributed by atoms with van der Waals surface area (Å²) in [5.41, 5.74) is 5.59. The van der Waals surface area contributed by atoms with E-state index in [9.17, 15) is 4.79 Å². The van der Waals surface area contributed by atoms with Crippen LogP contribution in [-0.4, -0.2) is 62.3 Å². The first-order valence-corrected chi connectivity index (χ1v) is 12.0. The number of methoxy groups -OCH3 is 1. The first-order valence-electron chi connectivity index (χ1n) is 12.0. The van der Waals surface area contributed by atoms with Crippen LogP contribution in [0.15, 0.2) is 47.5 Å². The van der Waals surface area contributed by atoms with Gasteiger partial charge in [0.05, 0.1) is 36.5 Å². The van der Waals surface area contributed by atoms with E-state index >= 15 is 0 Å². The van der Waals surface area contributed by atoms with Crippen LogP contribution in [0.25, 0.3) is 10.9 Å². The number of morpholine rings is 1. The zero-order valence-corrected chi connectivity index (χ0v) is 20.5. The third-order valence-corrected chi connectivity index (χ3v) is 6.36. The van der Waals surface area contributed by atoms with Crippen LogP contribution in [-0.2, 0) is 27.2 Å². The minimum absolute atomic E-state index is 0.00977. The van der Waals surface area contributed by atoms with Crippen molar-refractivity contribution >= 4 is 16.6 Å². The Kier molecular flexibility index (Phi) is 8.32. The number of hydrogen-bond acceptors (Lipinski definition) is 6. The Balaban J connectivity index is 0.000000620. The second-order valence-electron chi connectivity index (χ2n) is 8.98. The van der Waals surface area contributed by atoms with E-state index in [1.807, 2.05) is 18.2 Å². The summed E-state index contributed by atoms with van der Waals surface area (Å²) in [5.74, 6) is 0. The van der Waals surface area contributed by atoms with Gasteiger partial charge in [-0.05, 0) is 56.0 Å². The SMILES string of the molecule is C1COC1.COC[C@H]1CN(c2ccc3c(=O)n(CCc4ccc(C)cc4C)cnc3c2)CCO1. The molecule has 0 amide bonds. The first kappa shape index (κ1) is 24.4. The van der Waals surface area contributed by atoms with Crippen molar-refractivity contribution in [2.24, 2.45) is 0 Å². The summed E-state index contributed by atoms with van der Waals surface area (Å²) < 4.78 is 17.4. The topological polar surface area (TPSA) is 65.8 Å². The van der Waals surface area contributed by atoms with Crippen molar-refractivity contribution in [3.8, 4) is 0 Å². The van der Waals surface area contributed by atoms with E-state index in [4.69, 9.17) is 14.2 Å². The van der Waals surface area contributed by atoms with Gasteiger partial charge in [-0.2, -0.15) is 0 Å². The highest BCUT2D eigenvalue weighted by molar-refractivity contribution is 5.81. The Labute approximate surface area is 201 Å². The quantitative estimate of drug-likeness (QED) is 0.555. The maximum atomic E-state index is 13.0. The van der Waals surface area contributed by atoms with Crippen LogP contribution in [0.3, 0.4) is 0 Å². The number of benzene rings is 2. The van der Waals surface area contributed by atoms with Crippen LogP contribution >= 0.6 is 0 Å². The van der Waals surface area contributed by atoms with Gasteiger partial charge in [0.1, 0.15) is 0 Å². The van der Waals surface area contributed by atoms with Crippen molar-refractivity contribution < 1.29 is 14.2 Å². The van der Waals surface area contributed by atoms with E-state index in [1.165, 1.54) is 23.1 Å². The van der Waals surface area contributed by atoms with E-state index in [0.29, 0.717) is 25.1 Å². The van der Waals surface area contributed by atoms with Crippen LogP contribution in [0.1, 0.15) is 23.1 Å². The van der Waals surface area contributed by atoms with Gasteiger partial charge in [0.15, 0.2) is 0 Å². The zero-order chi connectivity index (χ0) is 23.9. The molecule has 0 bridgehead atoms. The van der Waals surface area contributed by atoms with Crippen LogP contribution in [0, 0.1) is 13.8 Å². The number of nitrogens with zero attached hydrogens (tertiary/aromatic N) is 3. The predicted octanol–water partition coefficient (Wildman–Crippen LogP) is 3.51. The molecule has 2 aliphatic rings. The molecule has 0 unspecified atom stereocenters. The highest BCUT2D eigenvalue weighted by atomic mass is 16.5. The largest absolute Gasteiger partial charge is 0.382 e. The lowest BCUT2D eigenvalue weighted by molar-refractivity contribution is -0.0100. The van der Waals surface area contributed by atoms with E-state index < -0.39 is 0 Å². The molecule has 3 aromatic rings. The van der Waals surface area contributed by atoms with Crippen molar-refractivity contribution in [1.82, 2.24) is 9.55 Å². The van der Waals surface area contributed by atoms with Gasteiger partial charge in [0.25, 0.3) is 5.56 Å². The second-order valence-corrected chi connectivity index (χ2v) is 8.98. The third-order valence-electron chi connectivity index (χ3n) is 6.36. The fourth-order valence-electron chi connectivity index (χ4n) is 4.25. The minimum Gasteiger partial charge on any atom is -0.382 e. The van der Waals surface area contributed by atoms with Crippen molar-refractivity contribution in [3.63, 3.8) is 0 Å². The van der Waals surface area contributed by atoms with Gasteiger partial charge >= 0.3 is 0 Å². The molecule has 3 heterocycles. The fraction of sp³-hybridized carbons (Fsp3) is 0.481. The molecule has 2 aromatic carbocycles. The molecule has 34 heavy (non-hydrogen) atoms. The van der Waals surface area contributed by atoms with Crippen molar-refractivity contribution in [2.75, 3.05) is 51.5 Å². The van der Waals surface area contributed by atoms with E-state index in [2.05, 4.69) is 41.9 Å². The fourth-order valence-corrected chi connectivity index (χ4v) is 4.25. The number of hydrogen-bond donors (Lipinski definition) is 0. The lowest BCUT2D eigenvalue weighted by atomic mass is 10.0. The molecular weight excluding hydrogens is 430 g/mol. The molecule has 0 aliphatic carbocycles. The Morgan fingerprint density at radius 1 is 1.12 bits per heavy atom. The molecule has 2 saturated heterocycles. The summed E-state index contributed by atoms with van der Waals surface area (Å²) in [6, 6.07) is 12.4. The van der Waals surface area contributed by atoms with Gasteiger partial charge in [-0.3, -0.25) is 9.36 Å². The molecule has 7 heteroatoms. The number of rotatable bonds is 6. The average molecular weight is 466 g/mol. The molecule has 2 fully saturated rings. The standard InChI is InChI=1S/C24H29N3O3.C3H6O/c1-17-4-5-19(18(2)12-17)8-9-27-16-25-23-13-20(6-7-22(23)24(27)28)26-10-11-30-21(14-26)15-29-3;1-2-4-3-1/h4-7,12-13,16,21H,8-11,14-15H2,1-3H3;1-3H2/t21-;/m1./s1. The number of fused-ring (bicyclic) bond motifs is 1. The molecule has 2 aliphatic heterocycles. The molecule has 1 aromatic heterocycles. The Hall–Kier alpha value is -2.74. The first-order chi connectivity index (χ1) is 16.5. The Morgan fingerprint density at radius 3 is 2.62 bits per heavy atom. The Bertz CT molecular complexity index is 1150. The molecule has 0 saturated carbocycles. The molecule has 1 atom stereocenters. The molecule has 182 valence electrons. The van der Waals surface area contributed by atoms with Crippen LogP contribution in [0.4, 0.5) is 5.69 Å². The van der Waals surface area contributed by atoms with Gasteiger partial charge in [0, 0.05) is 45.6 Å². The summed E-state index contributed by atoms with van der Waals surface area (Å²) in [4.78, 5) is 19.8. The number of ether oxygens (including phenoxy) is 3. The van der Waals surface area contributed by atoms with Crippen LogP contribution in [0.2, 0.25) is 0 Å². The predicted molar refractivity (Wildman–Crippen MR) is 135 cm³/mol. The summed E-state index contributed by atoms with van der Waals surface area (Å²) in [6.45, 7) is 9.67. The van der Waals surface area contributed by atoms with E-state index in [1.54, 1.807) is 18.0 Å². The van der Waals surface area contributed by atoms with E-state index in [-0.39, 0.29) is 11.7 Å². The van der Waals surface area contributed by atoms with E-state index in [0.717, 1.165) is 43.9 Å². The highest BCUT2D eigenvalue weighted by Crippen LogP contribution is 2.21. The number of aromatic nitrogens is 2. The zero-order valence-electron chi connectivity index (χ0n) is 20.5. The van der Waals surface area contributed by atoms with Crippen molar-refractivity contribution in [3.05, 3.63) is 69.8 Å². The highest BCUT2D eigenvalue weighted by Gasteiger charge is 2.21. The average Bonchev–Trinajstić information content (AvgIpc) is 2.79. The van der Waals surface area contributed by atoms with Gasteiger partial charge in [0.2, 0.25) is 0 Å². The molecule has 0 N–H and O–H groups in total. The van der Waals surface area contributed by atoms with Gasteiger partial charge in [-0.1, -0.05) is 23.8 Å². The molecule has 0 spiro atoms. The van der Waals surface area contributed by atoms with Gasteiger partial charge < -0.3 is 19.1 Å². The monoisotopic (exact) mass is 465 g/mol. The van der Waals surface area contributed by atoms with Crippen molar-refractivity contribution in [1.29, 1.82) is 0 Å². The maximum Gasteiger partial charge on any atom is 0.261 e. The molecular formula is C27H35N3O4. The lowest BCUT2D eigenvalue weighted by Gasteiger charge is -2.34. The number of anilines is 1. The molecule has 5 rings (SSSR count). The van der Waals surface area contributed by atoms with Gasteiger partial charge in [-0.25, -0.2) is 4.98 Å². The lowest BCUT2D eigenvalue weighted by Crippen LogP contribution is -2.44. The Morgan fingerprint density at radius 2 is 1.91 bits per heavy atom. The van der Waals surface area contributed by atoms with Gasteiger partial charge in [-0.15, -0.1) is 0 Å². The minimum atomic E-state index is 0.00977. The second kappa shape index (κ2) is 11.6.